The van der Waals surface area contributed by atoms with Gasteiger partial charge in [0.1, 0.15) is 0 Å². The lowest BCUT2D eigenvalue weighted by Gasteiger charge is -2.44. The predicted octanol–water partition coefficient (Wildman–Crippen LogP) is -0.801. The third-order valence-electron chi connectivity index (χ3n) is 4.68. The molecule has 3 rings (SSSR count). The van der Waals surface area contributed by atoms with Crippen LogP contribution >= 0.6 is 0 Å². The highest BCUT2D eigenvalue weighted by Gasteiger charge is 2.53. The van der Waals surface area contributed by atoms with Crippen molar-refractivity contribution in [2.75, 3.05) is 52.2 Å². The normalized spacial score (nSPS) is 30.4. The van der Waals surface area contributed by atoms with Crippen LogP contribution in [-0.2, 0) is 19.6 Å². The Labute approximate surface area is 134 Å². The van der Waals surface area contributed by atoms with E-state index in [9.17, 15) is 22.0 Å². The molecular weight excluding hydrogens is 332 g/mol. The quantitative estimate of drug-likeness (QED) is 0.664. The van der Waals surface area contributed by atoms with Gasteiger partial charge in [-0.3, -0.25) is 9.69 Å². The van der Waals surface area contributed by atoms with Crippen LogP contribution in [0.1, 0.15) is 6.42 Å². The van der Waals surface area contributed by atoms with E-state index in [1.807, 2.05) is 0 Å². The van der Waals surface area contributed by atoms with Crippen LogP contribution in [0.15, 0.2) is 0 Å². The monoisotopic (exact) mass is 353 g/mol. The fourth-order valence-electron chi connectivity index (χ4n) is 3.35. The molecule has 0 aromatic rings. The third kappa shape index (κ3) is 3.49. The lowest BCUT2D eigenvalue weighted by atomic mass is 10.1. The van der Waals surface area contributed by atoms with E-state index >= 15 is 0 Å². The molecule has 3 aliphatic heterocycles. The van der Waals surface area contributed by atoms with Crippen LogP contribution in [0, 0.1) is 0 Å². The molecule has 3 heterocycles. The Morgan fingerprint density at radius 2 is 1.83 bits per heavy atom. The first kappa shape index (κ1) is 17.0. The first-order valence-electron chi connectivity index (χ1n) is 7.63. The van der Waals surface area contributed by atoms with Gasteiger partial charge in [-0.2, -0.15) is 4.31 Å². The molecule has 7 nitrogen and oxygen atoms in total. The zero-order chi connectivity index (χ0) is 16.8. The van der Waals surface area contributed by atoms with Crippen molar-refractivity contribution in [2.45, 2.75) is 24.4 Å². The average molecular weight is 353 g/mol. The number of halogens is 2. The average Bonchev–Trinajstić information content (AvgIpc) is 2.71. The minimum atomic E-state index is -3.31. The molecule has 132 valence electrons. The summed E-state index contributed by atoms with van der Waals surface area (Å²) in [4.78, 5) is 15.6. The highest BCUT2D eigenvalue weighted by atomic mass is 32.2. The Bertz CT molecular complexity index is 574. The number of sulfonamides is 1. The molecule has 0 N–H and O–H groups in total. The minimum Gasteiger partial charge on any atom is -0.378 e. The summed E-state index contributed by atoms with van der Waals surface area (Å²) in [5, 5.41) is 0. The van der Waals surface area contributed by atoms with Crippen molar-refractivity contribution in [1.82, 2.24) is 14.1 Å². The predicted molar refractivity (Wildman–Crippen MR) is 77.7 cm³/mol. The molecule has 0 radical (unpaired) electrons. The maximum atomic E-state index is 13.9. The van der Waals surface area contributed by atoms with Gasteiger partial charge < -0.3 is 9.64 Å². The molecule has 0 aromatic heterocycles. The largest absolute Gasteiger partial charge is 0.378 e. The Morgan fingerprint density at radius 3 is 2.39 bits per heavy atom. The van der Waals surface area contributed by atoms with Crippen LogP contribution in [0.3, 0.4) is 0 Å². The molecule has 0 saturated carbocycles. The van der Waals surface area contributed by atoms with Crippen molar-refractivity contribution < 1.29 is 26.7 Å². The van der Waals surface area contributed by atoms with E-state index in [0.29, 0.717) is 26.3 Å². The molecule has 0 bridgehead atoms. The maximum absolute atomic E-state index is 13.9. The summed E-state index contributed by atoms with van der Waals surface area (Å²) in [6, 6.07) is -1.21. The van der Waals surface area contributed by atoms with E-state index in [1.54, 1.807) is 4.90 Å². The lowest BCUT2D eigenvalue weighted by molar-refractivity contribution is -0.141. The number of carbonyl (C=O) groups excluding carboxylic acids is 1. The highest BCUT2D eigenvalue weighted by Crippen LogP contribution is 2.36. The summed E-state index contributed by atoms with van der Waals surface area (Å²) < 4.78 is 57.0. The number of morpholine rings is 1. The number of hydrogen-bond donors (Lipinski definition) is 0. The molecule has 1 atom stereocenters. The van der Waals surface area contributed by atoms with E-state index in [0.717, 1.165) is 6.26 Å². The van der Waals surface area contributed by atoms with E-state index in [4.69, 9.17) is 4.74 Å². The second-order valence-electron chi connectivity index (χ2n) is 6.42. The number of likely N-dealkylation sites (tertiary alicyclic amines) is 1. The smallest absolute Gasteiger partial charge is 0.262 e. The van der Waals surface area contributed by atoms with Gasteiger partial charge in [-0.25, -0.2) is 17.2 Å². The molecule has 3 fully saturated rings. The van der Waals surface area contributed by atoms with Crippen molar-refractivity contribution in [3.63, 3.8) is 0 Å². The Morgan fingerprint density at radius 1 is 1.22 bits per heavy atom. The molecule has 3 aliphatic rings. The topological polar surface area (TPSA) is 70.2 Å². The second-order valence-corrected chi connectivity index (χ2v) is 8.40. The van der Waals surface area contributed by atoms with Gasteiger partial charge in [0.2, 0.25) is 15.9 Å². The van der Waals surface area contributed by atoms with Crippen molar-refractivity contribution in [3.05, 3.63) is 0 Å². The van der Waals surface area contributed by atoms with Crippen molar-refractivity contribution >= 4 is 15.9 Å². The number of carbonyl (C=O) groups is 1. The van der Waals surface area contributed by atoms with Gasteiger partial charge in [0.25, 0.3) is 5.92 Å². The molecule has 0 spiro atoms. The molecular formula is C13H21F2N3O4S. The first-order valence-corrected chi connectivity index (χ1v) is 9.47. The standard InChI is InChI=1S/C13H21F2N3O4S/c1-23(20,21)17-7-10(8-17)18-9-13(14,15)6-11(18)12(19)16-2-4-22-5-3-16/h10-11H,2-9H2,1H3/t11-/m0/s1. The lowest BCUT2D eigenvalue weighted by Crippen LogP contribution is -2.63. The fourth-order valence-corrected chi connectivity index (χ4v) is 4.23. The van der Waals surface area contributed by atoms with Gasteiger partial charge in [-0.05, 0) is 0 Å². The van der Waals surface area contributed by atoms with Crippen LogP contribution in [-0.4, -0.2) is 98.6 Å². The highest BCUT2D eigenvalue weighted by molar-refractivity contribution is 7.88. The zero-order valence-electron chi connectivity index (χ0n) is 13.0. The summed E-state index contributed by atoms with van der Waals surface area (Å²) >= 11 is 0. The maximum Gasteiger partial charge on any atom is 0.262 e. The number of hydrogen-bond acceptors (Lipinski definition) is 5. The summed E-state index contributed by atoms with van der Waals surface area (Å²) in [6.45, 7) is 1.50. The fraction of sp³-hybridized carbons (Fsp3) is 0.923. The first-order chi connectivity index (χ1) is 10.7. The Kier molecular flexibility index (Phi) is 4.36. The van der Waals surface area contributed by atoms with Gasteiger partial charge in [0.15, 0.2) is 0 Å². The van der Waals surface area contributed by atoms with Gasteiger partial charge in [-0.1, -0.05) is 0 Å². The van der Waals surface area contributed by atoms with Crippen molar-refractivity contribution in [3.8, 4) is 0 Å². The Balaban J connectivity index is 1.69. The van der Waals surface area contributed by atoms with Crippen LogP contribution in [0.2, 0.25) is 0 Å². The van der Waals surface area contributed by atoms with Gasteiger partial charge in [-0.15, -0.1) is 0 Å². The van der Waals surface area contributed by atoms with Crippen LogP contribution in [0.25, 0.3) is 0 Å². The van der Waals surface area contributed by atoms with E-state index in [2.05, 4.69) is 0 Å². The van der Waals surface area contributed by atoms with Crippen molar-refractivity contribution in [1.29, 1.82) is 0 Å². The summed E-state index contributed by atoms with van der Waals surface area (Å²) in [5.74, 6) is -3.22. The zero-order valence-corrected chi connectivity index (χ0v) is 13.8. The van der Waals surface area contributed by atoms with E-state index in [1.165, 1.54) is 9.21 Å². The van der Waals surface area contributed by atoms with Crippen LogP contribution < -0.4 is 0 Å². The van der Waals surface area contributed by atoms with Gasteiger partial charge in [0.05, 0.1) is 32.1 Å². The van der Waals surface area contributed by atoms with Gasteiger partial charge >= 0.3 is 0 Å². The second kappa shape index (κ2) is 5.91. The SMILES string of the molecule is CS(=O)(=O)N1CC(N2CC(F)(F)C[C@H]2C(=O)N2CCOCC2)C1. The van der Waals surface area contributed by atoms with Crippen molar-refractivity contribution in [2.24, 2.45) is 0 Å². The van der Waals surface area contributed by atoms with E-state index < -0.39 is 35.0 Å². The number of ether oxygens (including phenoxy) is 1. The molecule has 0 aromatic carbocycles. The van der Waals surface area contributed by atoms with E-state index in [-0.39, 0.29) is 25.0 Å². The molecule has 10 heteroatoms. The molecule has 23 heavy (non-hydrogen) atoms. The summed E-state index contributed by atoms with van der Waals surface area (Å²) in [6.07, 6.45) is 0.594. The van der Waals surface area contributed by atoms with Crippen LogP contribution in [0.5, 0.6) is 0 Å². The summed E-state index contributed by atoms with van der Waals surface area (Å²) in [7, 11) is -3.31. The van der Waals surface area contributed by atoms with Crippen LogP contribution in [0.4, 0.5) is 8.78 Å². The third-order valence-corrected chi connectivity index (χ3v) is 5.92. The number of nitrogens with zero attached hydrogens (tertiary/aromatic N) is 3. The number of rotatable bonds is 3. The number of amides is 1. The minimum absolute atomic E-state index is 0.168. The Hall–Kier alpha value is -0.840. The number of alkyl halides is 2. The molecule has 0 unspecified atom stereocenters. The summed E-state index contributed by atoms with van der Waals surface area (Å²) in [5.41, 5.74) is 0. The molecule has 3 saturated heterocycles. The molecule has 0 aliphatic carbocycles. The molecule has 1 amide bonds. The van der Waals surface area contributed by atoms with Gasteiger partial charge in [0, 0.05) is 38.6 Å².